The Morgan fingerprint density at radius 1 is 0.968 bits per heavy atom. The molecule has 1 N–H and O–H groups in total. The SMILES string of the molecule is O=C1SC(=Cc2ccc(O)c(C(F)(F)F)c2)C(=O)N1CC(CC(F)(F)F)CC(F)(F)F. The van der Waals surface area contributed by atoms with Crippen LogP contribution in [0.3, 0.4) is 0 Å². The summed E-state index contributed by atoms with van der Waals surface area (Å²) in [5.74, 6) is -4.47. The Hall–Kier alpha value is -2.38. The second-order valence-electron chi connectivity index (χ2n) is 6.57. The zero-order valence-corrected chi connectivity index (χ0v) is 15.8. The van der Waals surface area contributed by atoms with E-state index in [4.69, 9.17) is 0 Å². The van der Waals surface area contributed by atoms with Gasteiger partial charge in [0.25, 0.3) is 11.1 Å². The van der Waals surface area contributed by atoms with Crippen molar-refractivity contribution in [3.05, 3.63) is 34.2 Å². The number of phenols is 1. The molecule has 1 fully saturated rings. The van der Waals surface area contributed by atoms with Gasteiger partial charge in [0.2, 0.25) is 0 Å². The van der Waals surface area contributed by atoms with E-state index in [1.54, 1.807) is 0 Å². The van der Waals surface area contributed by atoms with Gasteiger partial charge in [0.05, 0.1) is 10.5 Å². The zero-order valence-electron chi connectivity index (χ0n) is 15.0. The molecule has 14 heteroatoms. The molecule has 0 spiro atoms. The highest BCUT2D eigenvalue weighted by atomic mass is 32.2. The molecule has 1 aliphatic heterocycles. The normalized spacial score (nSPS) is 17.4. The van der Waals surface area contributed by atoms with Crippen LogP contribution in [0.15, 0.2) is 23.1 Å². The number of phenolic OH excluding ortho intramolecular Hbond substituents is 1. The Kier molecular flexibility index (Phi) is 6.93. The number of aromatic hydroxyl groups is 1. The number of carbonyl (C=O) groups excluding carboxylic acids is 2. The van der Waals surface area contributed by atoms with E-state index in [1.807, 2.05) is 0 Å². The van der Waals surface area contributed by atoms with Crippen molar-refractivity contribution in [3.63, 3.8) is 0 Å². The Labute approximate surface area is 172 Å². The first-order valence-electron chi connectivity index (χ1n) is 8.25. The Bertz CT molecular complexity index is 874. The minimum Gasteiger partial charge on any atom is -0.507 e. The molecule has 31 heavy (non-hydrogen) atoms. The number of thioether (sulfide) groups is 1. The fourth-order valence-corrected chi connectivity index (χ4v) is 3.64. The third-order valence-corrected chi connectivity index (χ3v) is 4.89. The highest BCUT2D eigenvalue weighted by Gasteiger charge is 2.43. The molecule has 0 aliphatic carbocycles. The summed E-state index contributed by atoms with van der Waals surface area (Å²) < 4.78 is 114. The van der Waals surface area contributed by atoms with Crippen LogP contribution in [0, 0.1) is 5.92 Å². The number of halogens is 9. The van der Waals surface area contributed by atoms with Gasteiger partial charge in [-0.3, -0.25) is 14.5 Å². The van der Waals surface area contributed by atoms with Gasteiger partial charge >= 0.3 is 18.5 Å². The molecule has 1 saturated heterocycles. The lowest BCUT2D eigenvalue weighted by Crippen LogP contribution is -2.36. The molecule has 1 aromatic carbocycles. The van der Waals surface area contributed by atoms with Crippen LogP contribution >= 0.6 is 11.8 Å². The number of imide groups is 1. The lowest BCUT2D eigenvalue weighted by Gasteiger charge is -2.23. The van der Waals surface area contributed by atoms with Crippen molar-refractivity contribution in [2.24, 2.45) is 5.92 Å². The van der Waals surface area contributed by atoms with Crippen LogP contribution < -0.4 is 0 Å². The van der Waals surface area contributed by atoms with Crippen LogP contribution in [-0.4, -0.2) is 40.1 Å². The molecule has 1 heterocycles. The highest BCUT2D eigenvalue weighted by molar-refractivity contribution is 8.18. The first-order chi connectivity index (χ1) is 14.0. The van der Waals surface area contributed by atoms with Crippen molar-refractivity contribution < 1.29 is 54.2 Å². The standard InChI is InChI=1S/C17H12F9NO3S/c18-15(19,20)5-9(6-16(21,22)23)7-27-13(29)12(31-14(27)30)4-8-1-2-11(28)10(3-8)17(24,25)26/h1-4,9,28H,5-7H2. The number of rotatable bonds is 5. The molecule has 172 valence electrons. The van der Waals surface area contributed by atoms with Gasteiger partial charge in [-0.1, -0.05) is 6.07 Å². The van der Waals surface area contributed by atoms with Gasteiger partial charge in [-0.2, -0.15) is 39.5 Å². The van der Waals surface area contributed by atoms with E-state index in [2.05, 4.69) is 0 Å². The van der Waals surface area contributed by atoms with E-state index >= 15 is 0 Å². The van der Waals surface area contributed by atoms with Gasteiger partial charge in [-0.05, 0) is 41.5 Å². The van der Waals surface area contributed by atoms with Gasteiger partial charge in [0.1, 0.15) is 5.75 Å². The molecule has 0 atom stereocenters. The second-order valence-corrected chi connectivity index (χ2v) is 7.56. The summed E-state index contributed by atoms with van der Waals surface area (Å²) in [5.41, 5.74) is -1.70. The molecule has 2 amide bonds. The first-order valence-corrected chi connectivity index (χ1v) is 9.07. The maximum absolute atomic E-state index is 12.9. The second kappa shape index (κ2) is 8.63. The van der Waals surface area contributed by atoms with Crippen molar-refractivity contribution >= 4 is 29.0 Å². The molecule has 0 radical (unpaired) electrons. The largest absolute Gasteiger partial charge is 0.507 e. The molecular formula is C17H12F9NO3S. The summed E-state index contributed by atoms with van der Waals surface area (Å²) in [6.45, 7) is -1.16. The first kappa shape index (κ1) is 24.9. The Morgan fingerprint density at radius 3 is 2.00 bits per heavy atom. The maximum Gasteiger partial charge on any atom is 0.419 e. The summed E-state index contributed by atoms with van der Waals surface area (Å²) >= 11 is 0.164. The van der Waals surface area contributed by atoms with Gasteiger partial charge in [-0.25, -0.2) is 0 Å². The monoisotopic (exact) mass is 481 g/mol. The number of hydrogen-bond acceptors (Lipinski definition) is 4. The summed E-state index contributed by atoms with van der Waals surface area (Å²) in [7, 11) is 0. The number of hydrogen-bond donors (Lipinski definition) is 1. The van der Waals surface area contributed by atoms with E-state index in [0.717, 1.165) is 12.1 Å². The average Bonchev–Trinajstić information content (AvgIpc) is 2.80. The van der Waals surface area contributed by atoms with Crippen molar-refractivity contribution in [3.8, 4) is 5.75 Å². The van der Waals surface area contributed by atoms with E-state index in [9.17, 15) is 54.2 Å². The van der Waals surface area contributed by atoms with Crippen molar-refractivity contribution in [1.82, 2.24) is 4.90 Å². The molecule has 1 aromatic rings. The third-order valence-electron chi connectivity index (χ3n) is 3.98. The van der Waals surface area contributed by atoms with E-state index in [-0.39, 0.29) is 22.2 Å². The number of carbonyl (C=O) groups is 2. The Balaban J connectivity index is 2.27. The van der Waals surface area contributed by atoms with Crippen molar-refractivity contribution in [2.45, 2.75) is 31.4 Å². The lowest BCUT2D eigenvalue weighted by atomic mass is 10.00. The summed E-state index contributed by atoms with van der Waals surface area (Å²) in [6, 6.07) is 2.13. The summed E-state index contributed by atoms with van der Waals surface area (Å²) in [5, 5.41) is 8.14. The van der Waals surface area contributed by atoms with Crippen LogP contribution in [0.4, 0.5) is 44.3 Å². The minimum absolute atomic E-state index is 0.164. The molecule has 0 aromatic heterocycles. The zero-order chi connectivity index (χ0) is 23.8. The van der Waals surface area contributed by atoms with Gasteiger partial charge in [0.15, 0.2) is 0 Å². The number of amides is 2. The van der Waals surface area contributed by atoms with E-state index in [0.29, 0.717) is 12.1 Å². The molecular weight excluding hydrogens is 469 g/mol. The fraction of sp³-hybridized carbons (Fsp3) is 0.412. The number of nitrogens with zero attached hydrogens (tertiary/aromatic N) is 1. The molecule has 2 rings (SSSR count). The quantitative estimate of drug-likeness (QED) is 0.416. The van der Waals surface area contributed by atoms with Crippen LogP contribution in [0.2, 0.25) is 0 Å². The van der Waals surface area contributed by atoms with E-state index < -0.39 is 71.2 Å². The van der Waals surface area contributed by atoms with Crippen LogP contribution in [0.25, 0.3) is 6.08 Å². The summed E-state index contributed by atoms with van der Waals surface area (Å²) in [4.78, 5) is 24.0. The van der Waals surface area contributed by atoms with Crippen molar-refractivity contribution in [1.29, 1.82) is 0 Å². The predicted octanol–water partition coefficient (Wildman–Crippen LogP) is 5.97. The molecule has 0 bridgehead atoms. The Morgan fingerprint density at radius 2 is 1.52 bits per heavy atom. The van der Waals surface area contributed by atoms with E-state index in [1.165, 1.54) is 0 Å². The van der Waals surface area contributed by atoms with Crippen LogP contribution in [0.5, 0.6) is 5.75 Å². The predicted molar refractivity (Wildman–Crippen MR) is 90.6 cm³/mol. The summed E-state index contributed by atoms with van der Waals surface area (Å²) in [6.07, 6.45) is -17.8. The van der Waals surface area contributed by atoms with Crippen LogP contribution in [-0.2, 0) is 11.0 Å². The van der Waals surface area contributed by atoms with Crippen LogP contribution in [0.1, 0.15) is 24.0 Å². The smallest absolute Gasteiger partial charge is 0.419 e. The fourth-order valence-electron chi connectivity index (χ4n) is 2.79. The molecule has 0 unspecified atom stereocenters. The topological polar surface area (TPSA) is 57.6 Å². The number of alkyl halides is 9. The maximum atomic E-state index is 12.9. The lowest BCUT2D eigenvalue weighted by molar-refractivity contribution is -0.174. The average molecular weight is 481 g/mol. The molecule has 0 saturated carbocycles. The van der Waals surface area contributed by atoms with Gasteiger partial charge in [-0.15, -0.1) is 0 Å². The number of benzene rings is 1. The van der Waals surface area contributed by atoms with Gasteiger partial charge < -0.3 is 5.11 Å². The van der Waals surface area contributed by atoms with Gasteiger partial charge in [0, 0.05) is 19.4 Å². The third kappa shape index (κ3) is 7.08. The van der Waals surface area contributed by atoms with Crippen molar-refractivity contribution in [2.75, 3.05) is 6.54 Å². The molecule has 4 nitrogen and oxygen atoms in total. The highest BCUT2D eigenvalue weighted by Crippen LogP contribution is 2.39. The minimum atomic E-state index is -4.98. The molecule has 1 aliphatic rings.